The molecule has 0 aliphatic carbocycles. The Morgan fingerprint density at radius 1 is 1.40 bits per heavy atom. The van der Waals surface area contributed by atoms with Gasteiger partial charge in [0.1, 0.15) is 6.17 Å². The molecule has 3 N–H and O–H groups in total. The van der Waals surface area contributed by atoms with Crippen LogP contribution >= 0.6 is 0 Å². The van der Waals surface area contributed by atoms with Gasteiger partial charge >= 0.3 is 0 Å². The van der Waals surface area contributed by atoms with E-state index in [4.69, 9.17) is 5.73 Å². The third kappa shape index (κ3) is 3.80. The van der Waals surface area contributed by atoms with Gasteiger partial charge in [0.05, 0.1) is 6.17 Å². The Balaban J connectivity index is 0.000000371. The Morgan fingerprint density at radius 3 is 2.30 bits per heavy atom. The molecule has 3 heteroatoms. The number of halogens is 1. The summed E-state index contributed by atoms with van der Waals surface area (Å²) in [7, 11) is 0. The van der Waals surface area contributed by atoms with E-state index in [0.717, 1.165) is 6.42 Å². The number of hydrogen-bond acceptors (Lipinski definition) is 2. The molecule has 0 amide bonds. The van der Waals surface area contributed by atoms with Gasteiger partial charge in [-0.1, -0.05) is 13.8 Å². The lowest BCUT2D eigenvalue weighted by Crippen LogP contribution is -2.45. The van der Waals surface area contributed by atoms with Crippen LogP contribution in [-0.2, 0) is 0 Å². The van der Waals surface area contributed by atoms with Crippen LogP contribution in [0.5, 0.6) is 0 Å². The van der Waals surface area contributed by atoms with Gasteiger partial charge in [0, 0.05) is 6.54 Å². The smallest absolute Gasteiger partial charge is 0.113 e. The van der Waals surface area contributed by atoms with Crippen LogP contribution < -0.4 is 11.1 Å². The molecular weight excluding hydrogens is 131 g/mol. The summed E-state index contributed by atoms with van der Waals surface area (Å²) in [5.41, 5.74) is 5.42. The maximum atomic E-state index is 12.2. The van der Waals surface area contributed by atoms with E-state index in [1.807, 2.05) is 13.8 Å². The number of rotatable bonds is 0. The van der Waals surface area contributed by atoms with E-state index in [1.54, 1.807) is 0 Å². The minimum Gasteiger partial charge on any atom is -0.316 e. The highest BCUT2D eigenvalue weighted by molar-refractivity contribution is 4.72. The predicted molar refractivity (Wildman–Crippen MR) is 41.5 cm³/mol. The van der Waals surface area contributed by atoms with Gasteiger partial charge < -0.3 is 5.73 Å². The second kappa shape index (κ2) is 5.62. The van der Waals surface area contributed by atoms with E-state index in [-0.39, 0.29) is 6.17 Å². The number of nitrogens with two attached hydrogens (primary N) is 1. The topological polar surface area (TPSA) is 38.0 Å². The highest BCUT2D eigenvalue weighted by Crippen LogP contribution is 2.06. The molecule has 0 saturated carbocycles. The largest absolute Gasteiger partial charge is 0.316 e. The fourth-order valence-corrected chi connectivity index (χ4v) is 0.844. The molecular formula is C7H17FN2. The minimum atomic E-state index is -0.671. The van der Waals surface area contributed by atoms with Gasteiger partial charge in [0.15, 0.2) is 0 Å². The molecule has 62 valence electrons. The number of hydrogen-bond donors (Lipinski definition) is 2. The summed E-state index contributed by atoms with van der Waals surface area (Å²) in [4.78, 5) is 0. The highest BCUT2D eigenvalue weighted by Gasteiger charge is 2.15. The first kappa shape index (κ1) is 9.85. The van der Waals surface area contributed by atoms with Crippen molar-refractivity contribution in [1.29, 1.82) is 0 Å². The zero-order chi connectivity index (χ0) is 7.98. The van der Waals surface area contributed by atoms with Crippen molar-refractivity contribution < 1.29 is 4.39 Å². The van der Waals surface area contributed by atoms with Crippen molar-refractivity contribution in [2.45, 2.75) is 39.0 Å². The van der Waals surface area contributed by atoms with Crippen molar-refractivity contribution in [1.82, 2.24) is 5.32 Å². The Kier molecular flexibility index (Phi) is 5.54. The standard InChI is InChI=1S/C5H11FN2.C2H6/c6-4-1-2-5(7)8-3-4;1-2/h4-5,8H,1-3,7H2;1-2H3. The summed E-state index contributed by atoms with van der Waals surface area (Å²) < 4.78 is 12.2. The SMILES string of the molecule is CC.NC1CCC(F)CN1. The molecule has 2 nitrogen and oxygen atoms in total. The van der Waals surface area contributed by atoms with Crippen molar-refractivity contribution in [3.63, 3.8) is 0 Å². The highest BCUT2D eigenvalue weighted by atomic mass is 19.1. The van der Waals surface area contributed by atoms with E-state index < -0.39 is 6.17 Å². The molecule has 0 bridgehead atoms. The average Bonchev–Trinajstić information content (AvgIpc) is 2.00. The second-order valence-corrected chi connectivity index (χ2v) is 2.19. The molecule has 0 aromatic heterocycles. The van der Waals surface area contributed by atoms with Crippen LogP contribution in [0.3, 0.4) is 0 Å². The predicted octanol–water partition coefficient (Wildman–Crippen LogP) is 1.02. The molecule has 0 spiro atoms. The van der Waals surface area contributed by atoms with Crippen molar-refractivity contribution in [3.05, 3.63) is 0 Å². The Bertz CT molecular complexity index is 60.0. The summed E-state index contributed by atoms with van der Waals surface area (Å²) in [5.74, 6) is 0. The van der Waals surface area contributed by atoms with Crippen LogP contribution in [0.25, 0.3) is 0 Å². The second-order valence-electron chi connectivity index (χ2n) is 2.19. The van der Waals surface area contributed by atoms with Crippen LogP contribution in [0.2, 0.25) is 0 Å². The van der Waals surface area contributed by atoms with E-state index in [2.05, 4.69) is 5.32 Å². The summed E-state index contributed by atoms with van der Waals surface area (Å²) in [6.45, 7) is 4.43. The van der Waals surface area contributed by atoms with Crippen LogP contribution in [0.1, 0.15) is 26.7 Å². The van der Waals surface area contributed by atoms with Crippen LogP contribution in [0.15, 0.2) is 0 Å². The first-order valence-electron chi connectivity index (χ1n) is 3.92. The molecule has 1 saturated heterocycles. The van der Waals surface area contributed by atoms with Crippen molar-refractivity contribution >= 4 is 0 Å². The number of piperidine rings is 1. The summed E-state index contributed by atoms with van der Waals surface area (Å²) in [5, 5.41) is 2.83. The van der Waals surface area contributed by atoms with Gasteiger partial charge in [0.2, 0.25) is 0 Å². The molecule has 1 rings (SSSR count). The quantitative estimate of drug-likeness (QED) is 0.538. The lowest BCUT2D eigenvalue weighted by atomic mass is 10.1. The summed E-state index contributed by atoms with van der Waals surface area (Å²) >= 11 is 0. The molecule has 0 aromatic rings. The molecule has 0 radical (unpaired) electrons. The number of nitrogens with one attached hydrogen (secondary N) is 1. The van der Waals surface area contributed by atoms with Crippen LogP contribution in [0.4, 0.5) is 4.39 Å². The minimum absolute atomic E-state index is 0.0296. The average molecular weight is 148 g/mol. The molecule has 10 heavy (non-hydrogen) atoms. The maximum Gasteiger partial charge on any atom is 0.113 e. The van der Waals surface area contributed by atoms with E-state index >= 15 is 0 Å². The maximum absolute atomic E-state index is 12.2. The van der Waals surface area contributed by atoms with Crippen molar-refractivity contribution in [3.8, 4) is 0 Å². The molecule has 1 heterocycles. The monoisotopic (exact) mass is 148 g/mol. The lowest BCUT2D eigenvalue weighted by molar-refractivity contribution is 0.235. The van der Waals surface area contributed by atoms with Crippen LogP contribution in [-0.4, -0.2) is 18.9 Å². The van der Waals surface area contributed by atoms with Gasteiger partial charge in [-0.15, -0.1) is 0 Å². The fraction of sp³-hybridized carbons (Fsp3) is 1.00. The number of alkyl halides is 1. The first-order valence-corrected chi connectivity index (χ1v) is 3.92. The van der Waals surface area contributed by atoms with Gasteiger partial charge in [-0.2, -0.15) is 0 Å². The van der Waals surface area contributed by atoms with Gasteiger partial charge in [-0.05, 0) is 12.8 Å². The first-order chi connectivity index (χ1) is 4.79. The Morgan fingerprint density at radius 2 is 2.00 bits per heavy atom. The van der Waals surface area contributed by atoms with Gasteiger partial charge in [-0.3, -0.25) is 5.32 Å². The molecule has 2 unspecified atom stereocenters. The third-order valence-corrected chi connectivity index (χ3v) is 1.39. The molecule has 2 atom stereocenters. The molecule has 1 aliphatic heterocycles. The van der Waals surface area contributed by atoms with E-state index in [1.165, 1.54) is 0 Å². The van der Waals surface area contributed by atoms with Crippen molar-refractivity contribution in [2.75, 3.05) is 6.54 Å². The zero-order valence-corrected chi connectivity index (χ0v) is 6.73. The Labute approximate surface area is 62.0 Å². The fourth-order valence-electron chi connectivity index (χ4n) is 0.844. The molecule has 1 aliphatic rings. The van der Waals surface area contributed by atoms with E-state index in [9.17, 15) is 4.39 Å². The zero-order valence-electron chi connectivity index (χ0n) is 6.73. The van der Waals surface area contributed by atoms with Crippen LogP contribution in [0, 0.1) is 0 Å². The summed E-state index contributed by atoms with van der Waals surface area (Å²) in [6.07, 6.45) is 0.742. The van der Waals surface area contributed by atoms with Crippen molar-refractivity contribution in [2.24, 2.45) is 5.73 Å². The third-order valence-electron chi connectivity index (χ3n) is 1.39. The van der Waals surface area contributed by atoms with Gasteiger partial charge in [0.25, 0.3) is 0 Å². The molecule has 0 aromatic carbocycles. The summed E-state index contributed by atoms with van der Waals surface area (Å²) in [6, 6.07) is 0. The van der Waals surface area contributed by atoms with Gasteiger partial charge in [-0.25, -0.2) is 4.39 Å². The Hall–Kier alpha value is -0.150. The lowest BCUT2D eigenvalue weighted by Gasteiger charge is -2.21. The normalized spacial score (nSPS) is 32.4. The van der Waals surface area contributed by atoms with E-state index in [0.29, 0.717) is 13.0 Å². The molecule has 1 fully saturated rings.